The predicted octanol–water partition coefficient (Wildman–Crippen LogP) is 8.79. The number of rotatable bonds is 9. The Kier molecular flexibility index (Phi) is 9.77. The van der Waals surface area contributed by atoms with Crippen LogP contribution in [0.5, 0.6) is 0 Å². The van der Waals surface area contributed by atoms with E-state index in [0.29, 0.717) is 48.5 Å². The average Bonchev–Trinajstić information content (AvgIpc) is 3.63. The molecular formula is C43H70N2O5. The van der Waals surface area contributed by atoms with Crippen LogP contribution < -0.4 is 5.73 Å². The monoisotopic (exact) mass is 695 g/mol. The van der Waals surface area contributed by atoms with Crippen molar-refractivity contribution in [3.8, 4) is 0 Å². The molecule has 6 fully saturated rings. The molecule has 0 aromatic rings. The van der Waals surface area contributed by atoms with Crippen molar-refractivity contribution in [2.24, 2.45) is 67.8 Å². The number of hydrogen-bond acceptors (Lipinski definition) is 5. The summed E-state index contributed by atoms with van der Waals surface area (Å²) in [4.78, 5) is 40.8. The van der Waals surface area contributed by atoms with Crippen LogP contribution in [0, 0.1) is 62.1 Å². The van der Waals surface area contributed by atoms with Gasteiger partial charge in [-0.15, -0.1) is 0 Å². The molecule has 282 valence electrons. The third-order valence-electron chi connectivity index (χ3n) is 17.2. The van der Waals surface area contributed by atoms with Gasteiger partial charge in [-0.25, -0.2) is 0 Å². The van der Waals surface area contributed by atoms with E-state index < -0.39 is 11.4 Å². The number of fused-ring (bicyclic) bond motifs is 7. The first-order valence-electron chi connectivity index (χ1n) is 20.3. The number of nitrogens with two attached hydrogens (primary N) is 1. The van der Waals surface area contributed by atoms with Gasteiger partial charge in [0.25, 0.3) is 0 Å². The van der Waals surface area contributed by atoms with Crippen LogP contribution in [0.25, 0.3) is 0 Å². The molecule has 5 aliphatic carbocycles. The maximum absolute atomic E-state index is 14.1. The fourth-order valence-corrected chi connectivity index (χ4v) is 14.7. The summed E-state index contributed by atoms with van der Waals surface area (Å²) in [7, 11) is 0. The first-order valence-corrected chi connectivity index (χ1v) is 20.3. The highest BCUT2D eigenvalue weighted by Gasteiger charge is 2.71. The Morgan fingerprint density at radius 3 is 2.26 bits per heavy atom. The Bertz CT molecular complexity index is 1370. The van der Waals surface area contributed by atoms with Crippen molar-refractivity contribution in [3.63, 3.8) is 0 Å². The highest BCUT2D eigenvalue weighted by atomic mass is 16.5. The van der Waals surface area contributed by atoms with Gasteiger partial charge in [0.05, 0.1) is 12.8 Å². The van der Waals surface area contributed by atoms with E-state index in [1.54, 1.807) is 0 Å². The number of carboxylic acid groups (broad SMARTS) is 1. The number of likely N-dealkylation sites (tertiary alicyclic amines) is 1. The molecule has 1 saturated heterocycles. The van der Waals surface area contributed by atoms with Gasteiger partial charge in [-0.1, -0.05) is 60.6 Å². The molecule has 0 bridgehead atoms. The minimum absolute atomic E-state index is 0.0462. The van der Waals surface area contributed by atoms with Crippen LogP contribution in [0.2, 0.25) is 0 Å². The zero-order valence-corrected chi connectivity index (χ0v) is 32.9. The minimum atomic E-state index is -0.881. The van der Waals surface area contributed by atoms with Crippen LogP contribution in [0.1, 0.15) is 152 Å². The Hall–Kier alpha value is -1.89. The van der Waals surface area contributed by atoms with Crippen LogP contribution in [-0.4, -0.2) is 53.1 Å². The molecule has 6 aliphatic rings. The van der Waals surface area contributed by atoms with E-state index >= 15 is 0 Å². The molecule has 0 aromatic carbocycles. The summed E-state index contributed by atoms with van der Waals surface area (Å²) in [5, 5.41) is 9.34. The fourth-order valence-electron chi connectivity index (χ4n) is 14.7. The summed E-state index contributed by atoms with van der Waals surface area (Å²) < 4.78 is 6.28. The van der Waals surface area contributed by atoms with E-state index in [1.807, 2.05) is 13.8 Å². The van der Waals surface area contributed by atoms with Gasteiger partial charge in [0.15, 0.2) is 0 Å². The van der Waals surface area contributed by atoms with Gasteiger partial charge in [0.1, 0.15) is 6.10 Å². The van der Waals surface area contributed by atoms with E-state index in [9.17, 15) is 19.5 Å². The third kappa shape index (κ3) is 5.90. The van der Waals surface area contributed by atoms with Gasteiger partial charge >= 0.3 is 11.9 Å². The van der Waals surface area contributed by atoms with E-state index in [1.165, 1.54) is 37.7 Å². The lowest BCUT2D eigenvalue weighted by atomic mass is 9.32. The second kappa shape index (κ2) is 12.9. The molecule has 3 N–H and O–H groups in total. The van der Waals surface area contributed by atoms with Crippen molar-refractivity contribution < 1.29 is 24.2 Å². The Morgan fingerprint density at radius 2 is 1.60 bits per heavy atom. The molecule has 0 unspecified atom stereocenters. The summed E-state index contributed by atoms with van der Waals surface area (Å²) in [6, 6.07) is 0.210. The zero-order chi connectivity index (χ0) is 36.7. The van der Waals surface area contributed by atoms with Crippen molar-refractivity contribution in [3.05, 3.63) is 12.2 Å². The summed E-state index contributed by atoms with van der Waals surface area (Å²) in [5.41, 5.74) is 7.31. The van der Waals surface area contributed by atoms with Gasteiger partial charge < -0.3 is 20.5 Å². The summed E-state index contributed by atoms with van der Waals surface area (Å²) in [6.07, 6.45) is 14.1. The number of carbonyl (C=O) groups is 3. The number of carboxylic acids is 1. The third-order valence-corrected chi connectivity index (χ3v) is 17.2. The Morgan fingerprint density at radius 1 is 0.880 bits per heavy atom. The Balaban J connectivity index is 1.24. The molecule has 1 amide bonds. The molecule has 0 aromatic heterocycles. The molecule has 6 rings (SSSR count). The number of esters is 1. The number of nitrogens with zero attached hydrogens (tertiary/aromatic N) is 1. The van der Waals surface area contributed by atoms with Gasteiger partial charge in [-0.2, -0.15) is 0 Å². The Labute approximate surface area is 303 Å². The largest absolute Gasteiger partial charge is 0.481 e. The summed E-state index contributed by atoms with van der Waals surface area (Å²) in [6.45, 7) is 24.5. The topological polar surface area (TPSA) is 110 Å². The van der Waals surface area contributed by atoms with Crippen molar-refractivity contribution in [1.82, 2.24) is 4.90 Å². The lowest BCUT2D eigenvalue weighted by Crippen LogP contribution is -2.67. The van der Waals surface area contributed by atoms with Crippen molar-refractivity contribution in [2.75, 3.05) is 13.1 Å². The highest BCUT2D eigenvalue weighted by molar-refractivity contribution is 5.78. The van der Waals surface area contributed by atoms with E-state index in [4.69, 9.17) is 10.5 Å². The molecule has 0 spiro atoms. The minimum Gasteiger partial charge on any atom is -0.481 e. The average molecular weight is 695 g/mol. The van der Waals surface area contributed by atoms with Gasteiger partial charge in [-0.05, 0) is 141 Å². The molecule has 0 radical (unpaired) electrons. The maximum Gasteiger partial charge on any atom is 0.306 e. The van der Waals surface area contributed by atoms with Crippen LogP contribution in [0.15, 0.2) is 12.2 Å². The molecule has 1 aliphatic heterocycles. The van der Waals surface area contributed by atoms with E-state index in [0.717, 1.165) is 51.5 Å². The predicted molar refractivity (Wildman–Crippen MR) is 198 cm³/mol. The highest BCUT2D eigenvalue weighted by Crippen LogP contribution is 2.78. The second-order valence-corrected chi connectivity index (χ2v) is 20.6. The quantitative estimate of drug-likeness (QED) is 0.184. The number of aliphatic carboxylic acids is 1. The molecular weight excluding hydrogens is 624 g/mol. The summed E-state index contributed by atoms with van der Waals surface area (Å²) >= 11 is 0. The molecule has 7 nitrogen and oxygen atoms in total. The molecule has 7 heteroatoms. The maximum atomic E-state index is 14.1. The van der Waals surface area contributed by atoms with Crippen LogP contribution in [0.4, 0.5) is 0 Å². The standard InChI is InChI=1S/C43H70N2O5/c1-27(2)29-14-19-43(23-34(46)45-22-10-11-28(45)26-44)21-20-41(8)30(37(29)43)12-13-32-40(7)17-16-33(39(5,6)31(40)15-18-42(32,41)9)50-36(49)25-38(3,4)24-35(47)48/h28-33,37H,1,10-26,44H2,2-9H3,(H,47,48)/t28-,29-,30+,31-,32+,33-,37+,40-,41+,42+,43+/m0/s1. The fraction of sp³-hybridized carbons (Fsp3) is 0.884. The molecule has 50 heavy (non-hydrogen) atoms. The number of amides is 1. The van der Waals surface area contributed by atoms with Crippen molar-refractivity contribution in [1.29, 1.82) is 0 Å². The first-order chi connectivity index (χ1) is 23.2. The van der Waals surface area contributed by atoms with Crippen molar-refractivity contribution in [2.45, 2.75) is 164 Å². The van der Waals surface area contributed by atoms with Gasteiger partial charge in [-0.3, -0.25) is 14.4 Å². The van der Waals surface area contributed by atoms with Crippen LogP contribution in [0.3, 0.4) is 0 Å². The van der Waals surface area contributed by atoms with Crippen LogP contribution in [-0.2, 0) is 19.1 Å². The summed E-state index contributed by atoms with van der Waals surface area (Å²) in [5.74, 6) is 1.88. The van der Waals surface area contributed by atoms with Gasteiger partial charge in [0.2, 0.25) is 5.91 Å². The van der Waals surface area contributed by atoms with E-state index in [-0.39, 0.29) is 58.0 Å². The zero-order valence-electron chi connectivity index (χ0n) is 32.9. The number of ether oxygens (including phenoxy) is 1. The lowest BCUT2D eigenvalue weighted by molar-refractivity contribution is -0.250. The normalized spacial score (nSPS) is 43.6. The number of hydrogen-bond donors (Lipinski definition) is 2. The van der Waals surface area contributed by atoms with Crippen molar-refractivity contribution >= 4 is 17.8 Å². The van der Waals surface area contributed by atoms with Gasteiger partial charge in [0, 0.05) is 31.0 Å². The smallest absolute Gasteiger partial charge is 0.306 e. The molecule has 11 atom stereocenters. The first kappa shape index (κ1) is 37.9. The number of allylic oxidation sites excluding steroid dienone is 1. The molecule has 1 heterocycles. The molecule has 5 saturated carbocycles. The second-order valence-electron chi connectivity index (χ2n) is 20.6. The SMILES string of the molecule is C=C(C)[C@@H]1CC[C@]2(CC(=O)N3CCC[C@H]3CN)CC[C@]3(C)[C@H](CC[C@@H]4[C@@]5(C)CC[C@H](OC(=O)CC(C)(C)CC(=O)O)C(C)(C)[C@@H]5CC[C@]43C)[C@@H]12. The number of carbonyl (C=O) groups excluding carboxylic acids is 2. The van der Waals surface area contributed by atoms with E-state index in [2.05, 4.69) is 53.0 Å². The lowest BCUT2D eigenvalue weighted by Gasteiger charge is -2.73. The van der Waals surface area contributed by atoms with Crippen LogP contribution >= 0.6 is 0 Å².